The minimum absolute atomic E-state index is 0. The van der Waals surface area contributed by atoms with E-state index < -0.39 is 223 Å². The van der Waals surface area contributed by atoms with Gasteiger partial charge in [0.05, 0.1) is 26.4 Å². The maximum absolute atomic E-state index is 14.7. The number of phenolic OH excluding ortho intramolecular Hbond substituents is 6. The van der Waals surface area contributed by atoms with Gasteiger partial charge in [0.15, 0.2) is 52.8 Å². The second kappa shape index (κ2) is 36.8. The number of aromatic hydroxyl groups is 6. The highest BCUT2D eigenvalue weighted by Crippen LogP contribution is 2.48. The number of aryl methyl sites for hydroxylation is 1. The molecule has 0 bridgehead atoms. The quantitative estimate of drug-likeness (QED) is 0.0403. The lowest BCUT2D eigenvalue weighted by molar-refractivity contribution is -0.352. The Morgan fingerprint density at radius 3 is 1.12 bits per heavy atom. The monoisotopic (exact) mass is 1580 g/mol. The molecular formula is C78H88O35. The molecule has 0 spiro atoms. The molecule has 2 aromatic heterocycles. The van der Waals surface area contributed by atoms with Crippen LogP contribution in [0.5, 0.6) is 63.2 Å². The summed E-state index contributed by atoms with van der Waals surface area (Å²) in [6.07, 6.45) is -35.8. The molecular weight excluding hydrogens is 1500 g/mol. The van der Waals surface area contributed by atoms with Gasteiger partial charge in [0.25, 0.3) is 0 Å². The van der Waals surface area contributed by atoms with Gasteiger partial charge in [0, 0.05) is 23.3 Å². The Kier molecular flexibility index (Phi) is 27.8. The van der Waals surface area contributed by atoms with E-state index in [1.165, 1.54) is 6.07 Å². The first-order chi connectivity index (χ1) is 53.2. The number of aliphatic hydroxyl groups excluding tert-OH is 14. The van der Waals surface area contributed by atoms with E-state index in [1.54, 1.807) is 25.1 Å². The lowest BCUT2D eigenvalue weighted by Gasteiger charge is -2.45. The highest BCUT2D eigenvalue weighted by atomic mass is 16.8. The number of aliphatic hydroxyl groups is 14. The summed E-state index contributed by atoms with van der Waals surface area (Å²) >= 11 is 0. The lowest BCUT2D eigenvalue weighted by Crippen LogP contribution is -2.65. The molecule has 7 aromatic carbocycles. The van der Waals surface area contributed by atoms with Gasteiger partial charge in [-0.15, -0.1) is 0 Å². The Bertz CT molecular complexity index is 4700. The fourth-order valence-corrected chi connectivity index (χ4v) is 12.8. The van der Waals surface area contributed by atoms with E-state index in [4.69, 9.17) is 60.9 Å². The van der Waals surface area contributed by atoms with Crippen LogP contribution >= 0.6 is 0 Å². The van der Waals surface area contributed by atoms with Crippen molar-refractivity contribution < 1.29 is 163 Å². The van der Waals surface area contributed by atoms with Crippen LogP contribution in [0.4, 0.5) is 0 Å². The topological polar surface area (TPSA) is 567 Å². The van der Waals surface area contributed by atoms with Crippen LogP contribution in [-0.4, -0.2) is 251 Å². The summed E-state index contributed by atoms with van der Waals surface area (Å²) in [5.41, 5.74) is 0.466. The number of hydrogen-bond acceptors (Lipinski definition) is 35. The Morgan fingerprint density at radius 1 is 0.363 bits per heavy atom. The van der Waals surface area contributed by atoms with E-state index in [2.05, 4.69) is 0 Å². The van der Waals surface area contributed by atoms with Gasteiger partial charge in [0.2, 0.25) is 40.7 Å². The molecule has 20 N–H and O–H groups in total. The molecule has 35 nitrogen and oxygen atoms in total. The van der Waals surface area contributed by atoms with Crippen molar-refractivity contribution in [2.45, 2.75) is 164 Å². The van der Waals surface area contributed by atoms with Crippen LogP contribution in [-0.2, 0) is 48.2 Å². The molecule has 4 saturated heterocycles. The predicted molar refractivity (Wildman–Crippen MR) is 390 cm³/mol. The molecule has 9 aromatic rings. The largest absolute Gasteiger partial charge is 0.508 e. The van der Waals surface area contributed by atoms with Gasteiger partial charge in [0.1, 0.15) is 157 Å². The number of rotatable bonds is 23. The summed E-state index contributed by atoms with van der Waals surface area (Å²) in [6, 6.07) is 37.7. The van der Waals surface area contributed by atoms with Gasteiger partial charge in [-0.3, -0.25) is 9.59 Å². The summed E-state index contributed by atoms with van der Waals surface area (Å²) in [5, 5.41) is 206. The molecule has 0 saturated carbocycles. The van der Waals surface area contributed by atoms with Gasteiger partial charge in [-0.25, -0.2) is 0 Å². The Labute approximate surface area is 641 Å². The SMILES string of the molecule is C.C.Cc1cc(O)c2c(=O)c(O[C@@H]3O[C@H](CO)[C@@H](O[C@@H]4O[C@H](CO)[C@H](O)[C@H](O)[C@H]4O)[C@H](O)[C@H]3O)c(-c3cc(OCc4ccccc4)c(OCc4ccccc4)c(OCc4ccccc4)c3)oc2c1.O=c1c(O[C@@H]2O[C@H](CO)[C@@H](O[C@@H]3O[C@H](CO)[C@H](O)[C@H](O)[C@H]3O)[C@H](O)[C@H]2O)c(-c2cc(O)c(O)c(O)c2)oc2cc(O)cc(O)c12. The van der Waals surface area contributed by atoms with Crippen molar-refractivity contribution in [3.8, 4) is 85.9 Å². The fraction of sp³-hybridized carbons (Fsp3) is 0.385. The number of benzene rings is 7. The van der Waals surface area contributed by atoms with Crippen LogP contribution in [0.3, 0.4) is 0 Å². The van der Waals surface area contributed by atoms with Crippen molar-refractivity contribution in [1.29, 1.82) is 0 Å². The number of fused-ring (bicyclic) bond motifs is 2. The summed E-state index contributed by atoms with van der Waals surface area (Å²) in [4.78, 5) is 28.3. The van der Waals surface area contributed by atoms with E-state index in [9.17, 15) is 112 Å². The van der Waals surface area contributed by atoms with E-state index in [1.807, 2.05) is 91.0 Å². The van der Waals surface area contributed by atoms with Gasteiger partial charge < -0.3 is 163 Å². The standard InChI is InChI=1S/C49H50O17.C27H30O18.2CH4/c1-26-17-31(52)37-32(18-26)62-44(47(39(37)54)66-49-43(58)41(56)46(36(22-51)64-49)65-48-42(57)40(55)38(53)35(21-50)63-48)30-19-33(59-23-27-11-5-2-6-12-27)45(61-25-29-15-9-4-10-16-29)34(20-30)60-24-28-13-7-3-8-14-28;28-5-13-17(35)19(37)21(39)26(42-13)44-24-14(6-29)43-27(22(40)20(24)38)45-25-18(36)15-9(31)3-8(30)4-12(15)41-23(25)7-1-10(32)16(34)11(33)2-7;;/h2-20,35-36,38,40-43,46,48-53,55-58H,21-25H2,1H3;1-4,13-14,17,19-22,24,26-35,37-40H,5-6H2;2*1H4/t35-,36-,38+,40+,41-,42-,43-,46-,48+,49+;13-,14-,17+,19+,20-,21-,22-,24-,26+,27+;;/m11../s1. The zero-order chi connectivity index (χ0) is 79.4. The molecule has 113 heavy (non-hydrogen) atoms. The van der Waals surface area contributed by atoms with Gasteiger partial charge in [-0.2, -0.15) is 0 Å². The number of phenols is 6. The number of ether oxygens (including phenoxy) is 11. The molecule has 35 heteroatoms. The van der Waals surface area contributed by atoms with Crippen LogP contribution < -0.4 is 34.5 Å². The van der Waals surface area contributed by atoms with Crippen LogP contribution in [0.2, 0.25) is 0 Å². The molecule has 610 valence electrons. The van der Waals surface area contributed by atoms with Crippen molar-refractivity contribution >= 4 is 21.9 Å². The van der Waals surface area contributed by atoms with Gasteiger partial charge >= 0.3 is 0 Å². The zero-order valence-corrected chi connectivity index (χ0v) is 58.3. The highest BCUT2D eigenvalue weighted by molar-refractivity contribution is 5.90. The van der Waals surface area contributed by atoms with Crippen molar-refractivity contribution in [3.05, 3.63) is 182 Å². The highest BCUT2D eigenvalue weighted by Gasteiger charge is 2.54. The van der Waals surface area contributed by atoms with Crippen LogP contribution in [0.15, 0.2) is 158 Å². The number of hydrogen-bond donors (Lipinski definition) is 20. The van der Waals surface area contributed by atoms with E-state index in [0.717, 1.165) is 41.0 Å². The van der Waals surface area contributed by atoms with Crippen molar-refractivity contribution in [1.82, 2.24) is 0 Å². The summed E-state index contributed by atoms with van der Waals surface area (Å²) < 4.78 is 76.6. The minimum atomic E-state index is -2.10. The minimum Gasteiger partial charge on any atom is -0.508 e. The second-order valence-electron chi connectivity index (χ2n) is 26.4. The normalized spacial score (nSPS) is 27.6. The maximum atomic E-state index is 14.7. The Hall–Kier alpha value is -10.0. The summed E-state index contributed by atoms with van der Waals surface area (Å²) in [6.45, 7) is -1.39. The molecule has 0 amide bonds. The first-order valence-corrected chi connectivity index (χ1v) is 34.5. The predicted octanol–water partition coefficient (Wildman–Crippen LogP) is 1.48. The van der Waals surface area contributed by atoms with Crippen LogP contribution in [0.1, 0.15) is 37.1 Å². The third kappa shape index (κ3) is 18.1. The molecule has 4 aliphatic rings. The Morgan fingerprint density at radius 2 is 0.717 bits per heavy atom. The third-order valence-corrected chi connectivity index (χ3v) is 18.7. The smallest absolute Gasteiger partial charge is 0.239 e. The summed E-state index contributed by atoms with van der Waals surface area (Å²) in [5.74, 6) is -5.98. The average Bonchev–Trinajstić information content (AvgIpc) is 0.754. The van der Waals surface area contributed by atoms with E-state index in [-0.39, 0.29) is 79.8 Å². The molecule has 13 rings (SSSR count). The van der Waals surface area contributed by atoms with Crippen molar-refractivity contribution in [2.24, 2.45) is 0 Å². The molecule has 0 radical (unpaired) electrons. The molecule has 20 atom stereocenters. The molecule has 4 fully saturated rings. The zero-order valence-electron chi connectivity index (χ0n) is 58.3. The summed E-state index contributed by atoms with van der Waals surface area (Å²) in [7, 11) is 0. The lowest BCUT2D eigenvalue weighted by atomic mass is 9.97. The maximum Gasteiger partial charge on any atom is 0.239 e. The fourth-order valence-electron chi connectivity index (χ4n) is 12.8. The Balaban J connectivity index is 0.000000252. The molecule has 0 unspecified atom stereocenters. The van der Waals surface area contributed by atoms with Crippen molar-refractivity contribution in [2.75, 3.05) is 26.4 Å². The second-order valence-corrected chi connectivity index (χ2v) is 26.4. The van der Waals surface area contributed by atoms with Gasteiger partial charge in [-0.1, -0.05) is 106 Å². The molecule has 6 heterocycles. The first kappa shape index (κ1) is 85.4. The van der Waals surface area contributed by atoms with E-state index >= 15 is 0 Å². The van der Waals surface area contributed by atoms with E-state index in [0.29, 0.717) is 5.56 Å². The third-order valence-electron chi connectivity index (χ3n) is 18.7. The van der Waals surface area contributed by atoms with Crippen LogP contribution in [0, 0.1) is 6.92 Å². The van der Waals surface area contributed by atoms with Crippen LogP contribution in [0.25, 0.3) is 44.6 Å². The van der Waals surface area contributed by atoms with Crippen molar-refractivity contribution in [3.63, 3.8) is 0 Å². The van der Waals surface area contributed by atoms with Gasteiger partial charge in [-0.05, 0) is 65.6 Å². The first-order valence-electron chi connectivity index (χ1n) is 34.5. The molecule has 0 aliphatic carbocycles. The average molecular weight is 1590 g/mol. The molecule has 4 aliphatic heterocycles.